The number of hydrogen-bond acceptors (Lipinski definition) is 3. The molecule has 1 N–H and O–H groups in total. The summed E-state index contributed by atoms with van der Waals surface area (Å²) in [4.78, 5) is 24.8. The van der Waals surface area contributed by atoms with Crippen molar-refractivity contribution in [3.63, 3.8) is 0 Å². The number of rotatable bonds is 5. The summed E-state index contributed by atoms with van der Waals surface area (Å²) in [5, 5.41) is 2.76. The van der Waals surface area contributed by atoms with E-state index in [4.69, 9.17) is 4.42 Å². The summed E-state index contributed by atoms with van der Waals surface area (Å²) < 4.78 is 5.67. The largest absolute Gasteiger partial charge is 0.444 e. The number of nitrogens with zero attached hydrogens (tertiary/aromatic N) is 1. The van der Waals surface area contributed by atoms with Crippen LogP contribution in [0.3, 0.4) is 0 Å². The van der Waals surface area contributed by atoms with E-state index in [9.17, 15) is 9.59 Å². The molecule has 2 heterocycles. The average Bonchev–Trinajstić information content (AvgIpc) is 2.94. The van der Waals surface area contributed by atoms with Gasteiger partial charge in [-0.2, -0.15) is 0 Å². The van der Waals surface area contributed by atoms with Crippen LogP contribution in [0.4, 0.5) is 0 Å². The number of nitrogens with one attached hydrogen (secondary N) is 1. The van der Waals surface area contributed by atoms with Crippen molar-refractivity contribution in [2.45, 2.75) is 19.3 Å². The molecule has 1 aromatic heterocycles. The molecule has 6 heteroatoms. The maximum absolute atomic E-state index is 11.6. The number of hydrogen-bond donors (Lipinski definition) is 1. The van der Waals surface area contributed by atoms with Crippen LogP contribution >= 0.6 is 15.9 Å². The number of carbonyl (C=O) groups is 2. The fraction of sp³-hybridized carbons (Fsp3) is 0.500. The smallest absolute Gasteiger partial charge is 0.287 e. The quantitative estimate of drug-likeness (QED) is 0.843. The Morgan fingerprint density at radius 3 is 2.94 bits per heavy atom. The Bertz CT molecular complexity index is 444. The van der Waals surface area contributed by atoms with Gasteiger partial charge in [-0.15, -0.1) is 0 Å². The first kappa shape index (κ1) is 13.1. The van der Waals surface area contributed by atoms with Crippen LogP contribution in [0, 0.1) is 0 Å². The third-order valence-corrected chi connectivity index (χ3v) is 3.28. The van der Waals surface area contributed by atoms with Gasteiger partial charge in [0, 0.05) is 26.1 Å². The van der Waals surface area contributed by atoms with E-state index in [-0.39, 0.29) is 11.8 Å². The van der Waals surface area contributed by atoms with Gasteiger partial charge in [-0.3, -0.25) is 9.59 Å². The second-order valence-corrected chi connectivity index (χ2v) is 4.98. The Kier molecular flexibility index (Phi) is 4.41. The number of amides is 2. The van der Waals surface area contributed by atoms with E-state index in [1.165, 1.54) is 0 Å². The van der Waals surface area contributed by atoms with Crippen molar-refractivity contribution in [3.05, 3.63) is 22.6 Å². The summed E-state index contributed by atoms with van der Waals surface area (Å²) in [6.45, 7) is 2.10. The lowest BCUT2D eigenvalue weighted by Gasteiger charge is -2.14. The Hall–Kier alpha value is -1.30. The van der Waals surface area contributed by atoms with Crippen LogP contribution in [0.5, 0.6) is 0 Å². The van der Waals surface area contributed by atoms with Gasteiger partial charge in [0.2, 0.25) is 5.91 Å². The van der Waals surface area contributed by atoms with Crippen LogP contribution < -0.4 is 5.32 Å². The maximum Gasteiger partial charge on any atom is 0.287 e. The lowest BCUT2D eigenvalue weighted by Crippen LogP contribution is -2.30. The van der Waals surface area contributed by atoms with Gasteiger partial charge in [0.15, 0.2) is 10.4 Å². The summed E-state index contributed by atoms with van der Waals surface area (Å²) in [6.07, 6.45) is 2.37. The van der Waals surface area contributed by atoms with Crippen LogP contribution in [-0.2, 0) is 4.79 Å². The van der Waals surface area contributed by atoms with Gasteiger partial charge in [0.25, 0.3) is 5.91 Å². The van der Waals surface area contributed by atoms with Gasteiger partial charge in [-0.25, -0.2) is 0 Å². The van der Waals surface area contributed by atoms with Crippen LogP contribution in [0.25, 0.3) is 0 Å². The van der Waals surface area contributed by atoms with Crippen LogP contribution in [0.1, 0.15) is 29.8 Å². The zero-order chi connectivity index (χ0) is 13.0. The SMILES string of the molecule is O=C(NCCCN1CCCC1=O)c1ccc(Br)o1. The van der Waals surface area contributed by atoms with Crippen molar-refractivity contribution >= 4 is 27.7 Å². The van der Waals surface area contributed by atoms with Crippen molar-refractivity contribution in [1.29, 1.82) is 0 Å². The molecule has 0 radical (unpaired) electrons. The lowest BCUT2D eigenvalue weighted by molar-refractivity contribution is -0.127. The van der Waals surface area contributed by atoms with E-state index in [1.807, 2.05) is 4.90 Å². The minimum absolute atomic E-state index is 0.219. The van der Waals surface area contributed by atoms with Crippen molar-refractivity contribution in [2.24, 2.45) is 0 Å². The van der Waals surface area contributed by atoms with Crippen LogP contribution in [-0.4, -0.2) is 36.3 Å². The van der Waals surface area contributed by atoms with Crippen molar-refractivity contribution in [2.75, 3.05) is 19.6 Å². The van der Waals surface area contributed by atoms with E-state index in [0.29, 0.717) is 29.9 Å². The zero-order valence-electron chi connectivity index (χ0n) is 9.95. The highest BCUT2D eigenvalue weighted by molar-refractivity contribution is 9.10. The maximum atomic E-state index is 11.6. The van der Waals surface area contributed by atoms with Gasteiger partial charge < -0.3 is 14.6 Å². The number of furan rings is 1. The predicted octanol–water partition coefficient (Wildman–Crippen LogP) is 1.78. The second kappa shape index (κ2) is 6.04. The Morgan fingerprint density at radius 2 is 2.33 bits per heavy atom. The van der Waals surface area contributed by atoms with Crippen molar-refractivity contribution in [1.82, 2.24) is 10.2 Å². The third-order valence-electron chi connectivity index (χ3n) is 2.86. The summed E-state index contributed by atoms with van der Waals surface area (Å²) in [6, 6.07) is 3.29. The molecule has 5 nitrogen and oxygen atoms in total. The molecule has 1 aromatic rings. The third kappa shape index (κ3) is 3.35. The molecule has 0 aromatic carbocycles. The van der Waals surface area contributed by atoms with E-state index in [2.05, 4.69) is 21.2 Å². The first-order valence-corrected chi connectivity index (χ1v) is 6.77. The molecule has 2 amide bonds. The molecule has 2 rings (SSSR count). The van der Waals surface area contributed by atoms with E-state index >= 15 is 0 Å². The molecular weight excluding hydrogens is 300 g/mol. The monoisotopic (exact) mass is 314 g/mol. The lowest BCUT2D eigenvalue weighted by atomic mass is 10.3. The first-order valence-electron chi connectivity index (χ1n) is 5.98. The summed E-state index contributed by atoms with van der Waals surface area (Å²) in [5.74, 6) is 0.281. The van der Waals surface area contributed by atoms with Gasteiger partial charge in [0.1, 0.15) is 0 Å². The molecule has 0 bridgehead atoms. The van der Waals surface area contributed by atoms with Gasteiger partial charge in [-0.1, -0.05) is 0 Å². The van der Waals surface area contributed by atoms with Gasteiger partial charge >= 0.3 is 0 Å². The molecule has 0 unspecified atom stereocenters. The number of halogens is 1. The summed E-state index contributed by atoms with van der Waals surface area (Å²) >= 11 is 3.14. The standard InChI is InChI=1S/C12H15BrN2O3/c13-10-5-4-9(18-10)12(17)14-6-2-8-15-7-1-3-11(15)16/h4-5H,1-3,6-8H2,(H,14,17). The molecule has 18 heavy (non-hydrogen) atoms. The first-order chi connectivity index (χ1) is 8.66. The highest BCUT2D eigenvalue weighted by Crippen LogP contribution is 2.13. The molecule has 98 valence electrons. The topological polar surface area (TPSA) is 62.6 Å². The second-order valence-electron chi connectivity index (χ2n) is 4.20. The summed E-state index contributed by atoms with van der Waals surface area (Å²) in [5.41, 5.74) is 0. The molecule has 1 aliphatic rings. The Labute approximate surface area is 114 Å². The van der Waals surface area contributed by atoms with Crippen LogP contribution in [0.15, 0.2) is 21.2 Å². The highest BCUT2D eigenvalue weighted by atomic mass is 79.9. The molecule has 0 saturated carbocycles. The van der Waals surface area contributed by atoms with E-state index in [0.717, 1.165) is 19.4 Å². The molecule has 1 saturated heterocycles. The zero-order valence-corrected chi connectivity index (χ0v) is 11.5. The summed E-state index contributed by atoms with van der Waals surface area (Å²) in [7, 11) is 0. The minimum atomic E-state index is -0.228. The molecule has 1 fully saturated rings. The number of likely N-dealkylation sites (tertiary alicyclic amines) is 1. The molecule has 0 aliphatic carbocycles. The van der Waals surface area contributed by atoms with Gasteiger partial charge in [-0.05, 0) is 40.9 Å². The average molecular weight is 315 g/mol. The minimum Gasteiger partial charge on any atom is -0.444 e. The molecule has 0 spiro atoms. The van der Waals surface area contributed by atoms with Crippen molar-refractivity contribution < 1.29 is 14.0 Å². The van der Waals surface area contributed by atoms with Crippen molar-refractivity contribution in [3.8, 4) is 0 Å². The van der Waals surface area contributed by atoms with Crippen LogP contribution in [0.2, 0.25) is 0 Å². The number of carbonyl (C=O) groups excluding carboxylic acids is 2. The Morgan fingerprint density at radius 1 is 1.50 bits per heavy atom. The highest BCUT2D eigenvalue weighted by Gasteiger charge is 2.19. The van der Waals surface area contributed by atoms with Gasteiger partial charge in [0.05, 0.1) is 0 Å². The fourth-order valence-electron chi connectivity index (χ4n) is 1.94. The molecular formula is C12H15BrN2O3. The molecule has 1 aliphatic heterocycles. The normalized spacial score (nSPS) is 15.2. The fourth-order valence-corrected chi connectivity index (χ4v) is 2.24. The Balaban J connectivity index is 1.66. The molecule has 0 atom stereocenters. The van der Waals surface area contributed by atoms with E-state index in [1.54, 1.807) is 12.1 Å². The predicted molar refractivity (Wildman–Crippen MR) is 69.2 cm³/mol. The van der Waals surface area contributed by atoms with E-state index < -0.39 is 0 Å².